The number of aromatic nitrogens is 1. The molecule has 0 N–H and O–H groups in total. The molecule has 0 aromatic carbocycles. The minimum absolute atomic E-state index is 0.188. The van der Waals surface area contributed by atoms with Gasteiger partial charge in [-0.25, -0.2) is 0 Å². The first-order chi connectivity index (χ1) is 6.46. The highest BCUT2D eigenvalue weighted by atomic mass is 32.2. The van der Waals surface area contributed by atoms with E-state index in [1.165, 1.54) is 11.3 Å². The summed E-state index contributed by atoms with van der Waals surface area (Å²) in [5.41, 5.74) is 2.78. The van der Waals surface area contributed by atoms with E-state index in [0.717, 1.165) is 0 Å². The number of hydrogen-bond donors (Lipinski definition) is 0. The Labute approximate surface area is 91.3 Å². The standard InChI is InChI=1S/C12H19NS/c1-9(14-5)11-10(12(2,3)4)7-6-8-13-11/h6-9H,1-5H3. The highest BCUT2D eigenvalue weighted by Gasteiger charge is 2.20. The van der Waals surface area contributed by atoms with Crippen LogP contribution in [-0.4, -0.2) is 11.2 Å². The first kappa shape index (κ1) is 11.6. The van der Waals surface area contributed by atoms with Gasteiger partial charge in [-0.2, -0.15) is 11.8 Å². The maximum Gasteiger partial charge on any atom is 0.0567 e. The second kappa shape index (κ2) is 4.35. The van der Waals surface area contributed by atoms with Crippen molar-refractivity contribution in [1.82, 2.24) is 4.98 Å². The molecule has 1 aromatic heterocycles. The summed E-state index contributed by atoms with van der Waals surface area (Å²) in [7, 11) is 0. The zero-order chi connectivity index (χ0) is 10.8. The molecule has 0 aliphatic rings. The van der Waals surface area contributed by atoms with Gasteiger partial charge < -0.3 is 0 Å². The average Bonchev–Trinajstić information content (AvgIpc) is 2.15. The van der Waals surface area contributed by atoms with E-state index in [4.69, 9.17) is 0 Å². The molecule has 0 saturated carbocycles. The Morgan fingerprint density at radius 3 is 2.50 bits per heavy atom. The summed E-state index contributed by atoms with van der Waals surface area (Å²) in [5.74, 6) is 0. The molecular weight excluding hydrogens is 190 g/mol. The van der Waals surface area contributed by atoms with Crippen LogP contribution < -0.4 is 0 Å². The molecule has 2 heteroatoms. The lowest BCUT2D eigenvalue weighted by Gasteiger charge is -2.24. The van der Waals surface area contributed by atoms with E-state index in [-0.39, 0.29) is 5.41 Å². The highest BCUT2D eigenvalue weighted by Crippen LogP contribution is 2.33. The molecule has 1 heterocycles. The predicted molar refractivity (Wildman–Crippen MR) is 64.9 cm³/mol. The number of pyridine rings is 1. The lowest BCUT2D eigenvalue weighted by molar-refractivity contribution is 0.578. The van der Waals surface area contributed by atoms with Gasteiger partial charge in [-0.15, -0.1) is 0 Å². The summed E-state index contributed by atoms with van der Waals surface area (Å²) >= 11 is 1.85. The van der Waals surface area contributed by atoms with Gasteiger partial charge in [-0.3, -0.25) is 4.98 Å². The van der Waals surface area contributed by atoms with Gasteiger partial charge in [0.1, 0.15) is 0 Å². The molecule has 1 unspecified atom stereocenters. The zero-order valence-corrected chi connectivity index (χ0v) is 10.5. The molecule has 78 valence electrons. The Morgan fingerprint density at radius 1 is 1.36 bits per heavy atom. The molecular formula is C12H19NS. The number of nitrogens with zero attached hydrogens (tertiary/aromatic N) is 1. The van der Waals surface area contributed by atoms with Crippen molar-refractivity contribution in [2.75, 3.05) is 6.26 Å². The molecule has 0 amide bonds. The first-order valence-corrected chi connectivity index (χ1v) is 6.24. The summed E-state index contributed by atoms with van der Waals surface area (Å²) in [6, 6.07) is 4.21. The molecule has 0 aliphatic carbocycles. The normalized spacial score (nSPS) is 14.1. The highest BCUT2D eigenvalue weighted by molar-refractivity contribution is 7.98. The van der Waals surface area contributed by atoms with Gasteiger partial charge in [-0.05, 0) is 30.2 Å². The van der Waals surface area contributed by atoms with Crippen LogP contribution in [0.25, 0.3) is 0 Å². The number of rotatable bonds is 2. The van der Waals surface area contributed by atoms with Crippen LogP contribution >= 0.6 is 11.8 Å². The molecule has 1 nitrogen and oxygen atoms in total. The third-order valence-electron chi connectivity index (χ3n) is 2.39. The largest absolute Gasteiger partial charge is 0.260 e. The van der Waals surface area contributed by atoms with E-state index in [9.17, 15) is 0 Å². The van der Waals surface area contributed by atoms with E-state index in [1.807, 2.05) is 24.0 Å². The Hall–Kier alpha value is -0.500. The quantitative estimate of drug-likeness (QED) is 0.734. The summed E-state index contributed by atoms with van der Waals surface area (Å²) in [6.45, 7) is 8.92. The van der Waals surface area contributed by atoms with Gasteiger partial charge in [0.25, 0.3) is 0 Å². The van der Waals surface area contributed by atoms with Crippen LogP contribution in [0.3, 0.4) is 0 Å². The van der Waals surface area contributed by atoms with Crippen molar-refractivity contribution in [1.29, 1.82) is 0 Å². The van der Waals surface area contributed by atoms with E-state index >= 15 is 0 Å². The molecule has 0 aliphatic heterocycles. The van der Waals surface area contributed by atoms with Crippen molar-refractivity contribution in [3.05, 3.63) is 29.6 Å². The molecule has 0 bridgehead atoms. The maximum absolute atomic E-state index is 4.50. The third-order valence-corrected chi connectivity index (χ3v) is 3.32. The fourth-order valence-electron chi connectivity index (χ4n) is 1.49. The minimum Gasteiger partial charge on any atom is -0.260 e. The van der Waals surface area contributed by atoms with Gasteiger partial charge in [-0.1, -0.05) is 26.8 Å². The molecule has 0 radical (unpaired) electrons. The monoisotopic (exact) mass is 209 g/mol. The summed E-state index contributed by atoms with van der Waals surface area (Å²) in [6.07, 6.45) is 4.02. The van der Waals surface area contributed by atoms with E-state index in [0.29, 0.717) is 5.25 Å². The maximum atomic E-state index is 4.50. The molecule has 0 spiro atoms. The Balaban J connectivity index is 3.16. The number of thioether (sulfide) groups is 1. The molecule has 1 rings (SSSR count). The van der Waals surface area contributed by atoms with Crippen molar-refractivity contribution in [2.45, 2.75) is 38.4 Å². The minimum atomic E-state index is 0.188. The molecule has 0 fully saturated rings. The third kappa shape index (κ3) is 2.50. The second-order valence-electron chi connectivity index (χ2n) is 4.56. The fourth-order valence-corrected chi connectivity index (χ4v) is 1.90. The zero-order valence-electron chi connectivity index (χ0n) is 9.66. The summed E-state index contributed by atoms with van der Waals surface area (Å²) in [4.78, 5) is 4.50. The van der Waals surface area contributed by atoms with E-state index < -0.39 is 0 Å². The fraction of sp³-hybridized carbons (Fsp3) is 0.583. The summed E-state index contributed by atoms with van der Waals surface area (Å²) < 4.78 is 0. The van der Waals surface area contributed by atoms with Gasteiger partial charge >= 0.3 is 0 Å². The van der Waals surface area contributed by atoms with Crippen molar-refractivity contribution >= 4 is 11.8 Å². The van der Waals surface area contributed by atoms with Crippen LogP contribution in [0.5, 0.6) is 0 Å². The Bertz CT molecular complexity index is 301. The molecule has 0 saturated heterocycles. The molecule has 14 heavy (non-hydrogen) atoms. The van der Waals surface area contributed by atoms with Crippen LogP contribution in [-0.2, 0) is 5.41 Å². The van der Waals surface area contributed by atoms with Gasteiger partial charge in [0, 0.05) is 11.4 Å². The molecule has 1 aromatic rings. The SMILES string of the molecule is CSC(C)c1ncccc1C(C)(C)C. The lowest BCUT2D eigenvalue weighted by Crippen LogP contribution is -2.15. The van der Waals surface area contributed by atoms with Gasteiger partial charge in [0.05, 0.1) is 5.69 Å². The first-order valence-electron chi connectivity index (χ1n) is 4.95. The molecule has 1 atom stereocenters. The van der Waals surface area contributed by atoms with Crippen LogP contribution in [0.2, 0.25) is 0 Å². The van der Waals surface area contributed by atoms with E-state index in [2.05, 4.69) is 45.0 Å². The Kier molecular flexibility index (Phi) is 3.59. The topological polar surface area (TPSA) is 12.9 Å². The van der Waals surface area contributed by atoms with Crippen molar-refractivity contribution in [3.8, 4) is 0 Å². The lowest BCUT2D eigenvalue weighted by atomic mass is 9.85. The van der Waals surface area contributed by atoms with E-state index in [1.54, 1.807) is 0 Å². The van der Waals surface area contributed by atoms with Gasteiger partial charge in [0.15, 0.2) is 0 Å². The van der Waals surface area contributed by atoms with Gasteiger partial charge in [0.2, 0.25) is 0 Å². The number of hydrogen-bond acceptors (Lipinski definition) is 2. The van der Waals surface area contributed by atoms with Crippen LogP contribution in [0.15, 0.2) is 18.3 Å². The second-order valence-corrected chi connectivity index (χ2v) is 5.74. The average molecular weight is 209 g/mol. The van der Waals surface area contributed by atoms with Crippen molar-refractivity contribution in [2.24, 2.45) is 0 Å². The van der Waals surface area contributed by atoms with Crippen LogP contribution in [0.4, 0.5) is 0 Å². The van der Waals surface area contributed by atoms with Crippen LogP contribution in [0, 0.1) is 0 Å². The smallest absolute Gasteiger partial charge is 0.0567 e. The van der Waals surface area contributed by atoms with Crippen LogP contribution in [0.1, 0.15) is 44.2 Å². The van der Waals surface area contributed by atoms with Crippen molar-refractivity contribution in [3.63, 3.8) is 0 Å². The van der Waals surface area contributed by atoms with Crippen molar-refractivity contribution < 1.29 is 0 Å². The Morgan fingerprint density at radius 2 is 2.00 bits per heavy atom. The summed E-state index contributed by atoms with van der Waals surface area (Å²) in [5, 5.41) is 0.477. The predicted octanol–water partition coefficient (Wildman–Crippen LogP) is 3.80.